The fourth-order valence-electron chi connectivity index (χ4n) is 1.10. The van der Waals surface area contributed by atoms with Crippen LogP contribution in [0.1, 0.15) is 19.8 Å². The summed E-state index contributed by atoms with van der Waals surface area (Å²) in [5, 5.41) is 0. The van der Waals surface area contributed by atoms with Crippen LogP contribution in [0.3, 0.4) is 0 Å². The molecule has 0 saturated heterocycles. The Kier molecular flexibility index (Phi) is 7.91. The van der Waals surface area contributed by atoms with Gasteiger partial charge in [-0.25, -0.2) is 9.59 Å². The molecule has 2 amide bonds. The van der Waals surface area contributed by atoms with E-state index in [1.165, 1.54) is 9.80 Å². The van der Waals surface area contributed by atoms with Crippen molar-refractivity contribution in [2.24, 2.45) is 5.92 Å². The van der Waals surface area contributed by atoms with Gasteiger partial charge >= 0.3 is 12.2 Å². The van der Waals surface area contributed by atoms with Gasteiger partial charge in [0.2, 0.25) is 0 Å². The first kappa shape index (κ1) is 16.5. The van der Waals surface area contributed by atoms with E-state index in [1.54, 1.807) is 28.2 Å². The van der Waals surface area contributed by atoms with Crippen LogP contribution in [0.2, 0.25) is 0 Å². The normalized spacial score (nSPS) is 10.1. The number of ether oxygens (including phenoxy) is 2. The van der Waals surface area contributed by atoms with Crippen LogP contribution in [0.15, 0.2) is 0 Å². The van der Waals surface area contributed by atoms with E-state index >= 15 is 0 Å². The van der Waals surface area contributed by atoms with E-state index in [2.05, 4.69) is 0 Å². The smallest absolute Gasteiger partial charge is 0.409 e. The maximum Gasteiger partial charge on any atom is 0.409 e. The Morgan fingerprint density at radius 1 is 0.889 bits per heavy atom. The van der Waals surface area contributed by atoms with Crippen molar-refractivity contribution in [3.05, 3.63) is 0 Å². The molecule has 0 aromatic heterocycles. The van der Waals surface area contributed by atoms with Gasteiger partial charge in [0.05, 0.1) is 13.2 Å². The first-order valence-electron chi connectivity index (χ1n) is 6.02. The van der Waals surface area contributed by atoms with Crippen molar-refractivity contribution in [2.45, 2.75) is 19.8 Å². The number of hydrogen-bond acceptors (Lipinski definition) is 4. The molecule has 0 aliphatic carbocycles. The Hall–Kier alpha value is -1.46. The van der Waals surface area contributed by atoms with E-state index in [0.29, 0.717) is 19.1 Å². The average Bonchev–Trinajstić information content (AvgIpc) is 2.28. The van der Waals surface area contributed by atoms with Gasteiger partial charge in [-0.15, -0.1) is 0 Å². The summed E-state index contributed by atoms with van der Waals surface area (Å²) in [6.45, 7) is 2.81. The molecule has 0 N–H and O–H groups in total. The zero-order chi connectivity index (χ0) is 14.1. The summed E-state index contributed by atoms with van der Waals surface area (Å²) in [5.41, 5.74) is 0. The molecule has 0 aliphatic rings. The summed E-state index contributed by atoms with van der Waals surface area (Å²) in [6.07, 6.45) is 0.862. The van der Waals surface area contributed by atoms with E-state index < -0.39 is 0 Å². The predicted octanol–water partition coefficient (Wildman–Crippen LogP) is 1.80. The molecule has 0 saturated carbocycles. The SMILES string of the molecule is CC(CCOC(=O)N(C)C)CCOC(=O)N(C)C. The summed E-state index contributed by atoms with van der Waals surface area (Å²) in [7, 11) is 6.58. The molecule has 0 bridgehead atoms. The molecule has 0 aliphatic heterocycles. The highest BCUT2D eigenvalue weighted by atomic mass is 16.6. The fourth-order valence-corrected chi connectivity index (χ4v) is 1.10. The van der Waals surface area contributed by atoms with E-state index in [9.17, 15) is 9.59 Å². The molecule has 0 aromatic carbocycles. The van der Waals surface area contributed by atoms with Crippen LogP contribution in [-0.2, 0) is 9.47 Å². The number of amides is 2. The van der Waals surface area contributed by atoms with E-state index in [-0.39, 0.29) is 12.2 Å². The van der Waals surface area contributed by atoms with Crippen LogP contribution in [0.5, 0.6) is 0 Å². The molecule has 0 atom stereocenters. The van der Waals surface area contributed by atoms with Gasteiger partial charge in [-0.2, -0.15) is 0 Å². The van der Waals surface area contributed by atoms with E-state index in [4.69, 9.17) is 9.47 Å². The van der Waals surface area contributed by atoms with Gasteiger partial charge < -0.3 is 19.3 Å². The minimum absolute atomic E-state index is 0.332. The summed E-state index contributed by atoms with van der Waals surface area (Å²) < 4.78 is 10.0. The van der Waals surface area contributed by atoms with E-state index in [1.807, 2.05) is 6.92 Å². The molecule has 6 nitrogen and oxygen atoms in total. The predicted molar refractivity (Wildman–Crippen MR) is 68.5 cm³/mol. The van der Waals surface area contributed by atoms with Gasteiger partial charge in [-0.3, -0.25) is 0 Å². The molecule has 0 spiro atoms. The molecule has 0 unspecified atom stereocenters. The Labute approximate surface area is 109 Å². The molecule has 0 fully saturated rings. The molecule has 18 heavy (non-hydrogen) atoms. The van der Waals surface area contributed by atoms with Crippen molar-refractivity contribution >= 4 is 12.2 Å². The molecule has 0 rings (SSSR count). The van der Waals surface area contributed by atoms with Gasteiger partial charge in [0, 0.05) is 28.2 Å². The Balaban J connectivity index is 3.57. The van der Waals surface area contributed by atoms with Gasteiger partial charge in [-0.1, -0.05) is 6.92 Å². The third kappa shape index (κ3) is 7.76. The Bertz CT molecular complexity index is 241. The molecule has 0 aromatic rings. The lowest BCUT2D eigenvalue weighted by Gasteiger charge is -2.15. The molecule has 106 valence electrons. The topological polar surface area (TPSA) is 59.1 Å². The maximum absolute atomic E-state index is 11.1. The highest BCUT2D eigenvalue weighted by molar-refractivity contribution is 5.67. The molecular weight excluding hydrogens is 236 g/mol. The second-order valence-corrected chi connectivity index (χ2v) is 4.70. The second kappa shape index (κ2) is 8.60. The van der Waals surface area contributed by atoms with Crippen LogP contribution in [-0.4, -0.2) is 63.4 Å². The van der Waals surface area contributed by atoms with Gasteiger partial charge in [0.25, 0.3) is 0 Å². The first-order valence-corrected chi connectivity index (χ1v) is 6.02. The molecular formula is C12H24N2O4. The number of rotatable bonds is 6. The summed E-state index contributed by atoms with van der Waals surface area (Å²) in [5.74, 6) is 0.343. The third-order valence-electron chi connectivity index (χ3n) is 2.40. The average molecular weight is 260 g/mol. The molecule has 0 heterocycles. The minimum atomic E-state index is -0.332. The van der Waals surface area contributed by atoms with E-state index in [0.717, 1.165) is 12.8 Å². The lowest BCUT2D eigenvalue weighted by molar-refractivity contribution is 0.102. The van der Waals surface area contributed by atoms with Gasteiger partial charge in [-0.05, 0) is 18.8 Å². The van der Waals surface area contributed by atoms with Crippen LogP contribution >= 0.6 is 0 Å². The van der Waals surface area contributed by atoms with Crippen molar-refractivity contribution in [1.29, 1.82) is 0 Å². The monoisotopic (exact) mass is 260 g/mol. The fraction of sp³-hybridized carbons (Fsp3) is 0.833. The largest absolute Gasteiger partial charge is 0.449 e. The molecule has 6 heteroatoms. The summed E-state index contributed by atoms with van der Waals surface area (Å²) in [6, 6.07) is 0. The Morgan fingerprint density at radius 3 is 1.50 bits per heavy atom. The van der Waals surface area contributed by atoms with Crippen molar-refractivity contribution in [3.8, 4) is 0 Å². The van der Waals surface area contributed by atoms with Crippen molar-refractivity contribution in [2.75, 3.05) is 41.4 Å². The standard InChI is InChI=1S/C12H24N2O4/c1-10(6-8-17-11(15)13(2)3)7-9-18-12(16)14(4)5/h10H,6-9H2,1-5H3. The zero-order valence-electron chi connectivity index (χ0n) is 11.9. The second-order valence-electron chi connectivity index (χ2n) is 4.70. The molecule has 0 radical (unpaired) electrons. The first-order chi connectivity index (χ1) is 8.34. The number of carbonyl (C=O) groups is 2. The number of carbonyl (C=O) groups excluding carboxylic acids is 2. The lowest BCUT2D eigenvalue weighted by atomic mass is 10.1. The van der Waals surface area contributed by atoms with Gasteiger partial charge in [0.1, 0.15) is 0 Å². The van der Waals surface area contributed by atoms with Crippen LogP contribution in [0, 0.1) is 5.92 Å². The van der Waals surface area contributed by atoms with Crippen LogP contribution in [0.4, 0.5) is 9.59 Å². The van der Waals surface area contributed by atoms with Crippen LogP contribution < -0.4 is 0 Å². The minimum Gasteiger partial charge on any atom is -0.449 e. The highest BCUT2D eigenvalue weighted by Crippen LogP contribution is 2.08. The van der Waals surface area contributed by atoms with Crippen LogP contribution in [0.25, 0.3) is 0 Å². The summed E-state index contributed by atoms with van der Waals surface area (Å²) >= 11 is 0. The summed E-state index contributed by atoms with van der Waals surface area (Å²) in [4.78, 5) is 25.0. The van der Waals surface area contributed by atoms with Gasteiger partial charge in [0.15, 0.2) is 0 Å². The Morgan fingerprint density at radius 2 is 1.22 bits per heavy atom. The van der Waals surface area contributed by atoms with Crippen molar-refractivity contribution < 1.29 is 19.1 Å². The maximum atomic E-state index is 11.1. The lowest BCUT2D eigenvalue weighted by Crippen LogP contribution is -2.24. The quantitative estimate of drug-likeness (QED) is 0.730. The number of hydrogen-bond donors (Lipinski definition) is 0. The highest BCUT2D eigenvalue weighted by Gasteiger charge is 2.09. The van der Waals surface area contributed by atoms with Crippen molar-refractivity contribution in [1.82, 2.24) is 9.80 Å². The number of nitrogens with zero attached hydrogens (tertiary/aromatic N) is 2. The third-order valence-corrected chi connectivity index (χ3v) is 2.40. The zero-order valence-corrected chi connectivity index (χ0v) is 11.9. The van der Waals surface area contributed by atoms with Crippen molar-refractivity contribution in [3.63, 3.8) is 0 Å².